The molecule has 134 valence electrons. The van der Waals surface area contributed by atoms with E-state index >= 15 is 0 Å². The van der Waals surface area contributed by atoms with Crippen LogP contribution < -0.4 is 0 Å². The minimum atomic E-state index is -4.91. The van der Waals surface area contributed by atoms with Gasteiger partial charge in [0.2, 0.25) is 0 Å². The first kappa shape index (κ1) is 20.0. The third kappa shape index (κ3) is 4.74. The molecule has 0 bridgehead atoms. The first-order valence-electron chi connectivity index (χ1n) is 6.15. The largest absolute Gasteiger partial charge is 0.468 e. The molecule has 0 amide bonds. The molecule has 0 unspecified atom stereocenters. The van der Waals surface area contributed by atoms with Crippen molar-refractivity contribution in [3.63, 3.8) is 0 Å². The van der Waals surface area contributed by atoms with Crippen molar-refractivity contribution in [3.8, 4) is 0 Å². The van der Waals surface area contributed by atoms with Crippen molar-refractivity contribution in [3.05, 3.63) is 23.8 Å². The molecule has 1 aromatic rings. The van der Waals surface area contributed by atoms with Crippen LogP contribution in [0.4, 0.5) is 0 Å². The van der Waals surface area contributed by atoms with Crippen LogP contribution in [-0.4, -0.2) is 52.1 Å². The molecule has 0 saturated heterocycles. The van der Waals surface area contributed by atoms with Crippen LogP contribution in [0.5, 0.6) is 0 Å². The maximum absolute atomic E-state index is 11.6. The third-order valence-electron chi connectivity index (χ3n) is 3.01. The van der Waals surface area contributed by atoms with E-state index in [1.165, 1.54) is 0 Å². The lowest BCUT2D eigenvalue weighted by atomic mass is 9.99. The molecule has 0 heterocycles. The molecule has 10 nitrogen and oxygen atoms in total. The van der Waals surface area contributed by atoms with Gasteiger partial charge in [0.1, 0.15) is 0 Å². The van der Waals surface area contributed by atoms with Gasteiger partial charge in [0.25, 0.3) is 20.2 Å². The Hall–Kier alpha value is -2.02. The summed E-state index contributed by atoms with van der Waals surface area (Å²) in [5.74, 6) is -3.55. The summed E-state index contributed by atoms with van der Waals surface area (Å²) in [5, 5.41) is 0. The Labute approximate surface area is 137 Å². The van der Waals surface area contributed by atoms with Crippen molar-refractivity contribution in [2.75, 3.05) is 14.2 Å². The minimum absolute atomic E-state index is 0.245. The fourth-order valence-electron chi connectivity index (χ4n) is 1.87. The van der Waals surface area contributed by atoms with Gasteiger partial charge in [0, 0.05) is 0 Å². The Morgan fingerprint density at radius 2 is 1.50 bits per heavy atom. The highest BCUT2D eigenvalue weighted by molar-refractivity contribution is 7.86. The van der Waals surface area contributed by atoms with Gasteiger partial charge in [0.05, 0.1) is 24.0 Å². The van der Waals surface area contributed by atoms with Gasteiger partial charge in [-0.1, -0.05) is 6.07 Å². The molecular weight excluding hydrogens is 368 g/mol. The molecule has 0 aliphatic carbocycles. The summed E-state index contributed by atoms with van der Waals surface area (Å²) < 4.78 is 72.1. The summed E-state index contributed by atoms with van der Waals surface area (Å²) in [6.07, 6.45) is -0.541. The second-order valence-electron chi connectivity index (χ2n) is 4.52. The van der Waals surface area contributed by atoms with Gasteiger partial charge in [-0.05, 0) is 24.1 Å². The maximum atomic E-state index is 11.6. The average Bonchev–Trinajstić information content (AvgIpc) is 2.49. The topological polar surface area (TPSA) is 161 Å². The van der Waals surface area contributed by atoms with Crippen molar-refractivity contribution in [1.29, 1.82) is 0 Å². The number of carbonyl (C=O) groups excluding carboxylic acids is 2. The number of ether oxygens (including phenoxy) is 2. The second-order valence-corrected chi connectivity index (χ2v) is 7.33. The van der Waals surface area contributed by atoms with Crippen LogP contribution in [0.15, 0.2) is 28.0 Å². The number of hydrogen-bond donors (Lipinski definition) is 2. The second kappa shape index (κ2) is 7.25. The zero-order valence-electron chi connectivity index (χ0n) is 12.5. The highest BCUT2D eigenvalue weighted by Crippen LogP contribution is 2.24. The highest BCUT2D eigenvalue weighted by atomic mass is 32.2. The van der Waals surface area contributed by atoms with E-state index in [0.717, 1.165) is 26.4 Å². The number of benzene rings is 1. The Balaban J connectivity index is 3.47. The molecule has 0 aliphatic heterocycles. The lowest BCUT2D eigenvalue weighted by Crippen LogP contribution is -2.29. The molecule has 24 heavy (non-hydrogen) atoms. The van der Waals surface area contributed by atoms with Crippen LogP contribution in [0.3, 0.4) is 0 Å². The van der Waals surface area contributed by atoms with Crippen LogP contribution in [0.2, 0.25) is 0 Å². The molecule has 1 rings (SSSR count). The summed E-state index contributed by atoms with van der Waals surface area (Å²) in [4.78, 5) is 21.6. The average molecular weight is 382 g/mol. The van der Waals surface area contributed by atoms with Gasteiger partial charge in [-0.25, -0.2) is 0 Å². The monoisotopic (exact) mass is 382 g/mol. The molecule has 0 atom stereocenters. The smallest absolute Gasteiger partial charge is 0.320 e. The van der Waals surface area contributed by atoms with E-state index in [1.807, 2.05) is 0 Å². The van der Waals surface area contributed by atoms with Crippen LogP contribution in [0.1, 0.15) is 5.56 Å². The quantitative estimate of drug-likeness (QED) is 0.379. The van der Waals surface area contributed by atoms with Gasteiger partial charge >= 0.3 is 11.9 Å². The number of hydrogen-bond acceptors (Lipinski definition) is 8. The summed E-state index contributed by atoms with van der Waals surface area (Å²) >= 11 is 0. The molecule has 12 heteroatoms. The van der Waals surface area contributed by atoms with Crippen molar-refractivity contribution < 1.29 is 45.0 Å². The summed E-state index contributed by atoms with van der Waals surface area (Å²) in [5.41, 5.74) is -0.245. The van der Waals surface area contributed by atoms with Crippen molar-refractivity contribution in [2.45, 2.75) is 16.2 Å². The maximum Gasteiger partial charge on any atom is 0.320 e. The van der Waals surface area contributed by atoms with E-state index in [4.69, 9.17) is 4.55 Å². The Morgan fingerprint density at radius 3 is 1.88 bits per heavy atom. The molecule has 0 aliphatic rings. The molecule has 1 aromatic carbocycles. The Kier molecular flexibility index (Phi) is 6.05. The van der Waals surface area contributed by atoms with E-state index < -0.39 is 54.3 Å². The van der Waals surface area contributed by atoms with E-state index in [2.05, 4.69) is 9.47 Å². The number of rotatable bonds is 6. The SMILES string of the molecule is COC(=O)C(Cc1ccc(S(=O)(=O)O)cc1S(=O)(=O)O)C(=O)OC. The van der Waals surface area contributed by atoms with E-state index in [9.17, 15) is 31.0 Å². The molecule has 0 saturated carbocycles. The first-order chi connectivity index (χ1) is 10.9. The fourth-order valence-corrected chi connectivity index (χ4v) is 3.21. The normalized spacial score (nSPS) is 12.0. The molecule has 0 spiro atoms. The van der Waals surface area contributed by atoms with Gasteiger partial charge in [-0.2, -0.15) is 16.8 Å². The molecule has 0 radical (unpaired) electrons. The van der Waals surface area contributed by atoms with Gasteiger partial charge in [0.15, 0.2) is 5.92 Å². The molecule has 0 fully saturated rings. The molecule has 2 N–H and O–H groups in total. The van der Waals surface area contributed by atoms with Crippen molar-refractivity contribution >= 4 is 32.2 Å². The molecular formula is C12H14O10S2. The number of methoxy groups -OCH3 is 2. The van der Waals surface area contributed by atoms with Crippen molar-refractivity contribution in [2.24, 2.45) is 5.92 Å². The number of carbonyl (C=O) groups is 2. The summed E-state index contributed by atoms with van der Waals surface area (Å²) in [6, 6.07) is 2.29. The zero-order valence-corrected chi connectivity index (χ0v) is 14.1. The summed E-state index contributed by atoms with van der Waals surface area (Å²) in [7, 11) is -7.63. The van der Waals surface area contributed by atoms with E-state index in [-0.39, 0.29) is 5.56 Å². The van der Waals surface area contributed by atoms with Gasteiger partial charge in [-0.3, -0.25) is 18.7 Å². The summed E-state index contributed by atoms with van der Waals surface area (Å²) in [6.45, 7) is 0. The van der Waals surface area contributed by atoms with Crippen molar-refractivity contribution in [1.82, 2.24) is 0 Å². The zero-order chi connectivity index (χ0) is 18.7. The Bertz CT molecular complexity index is 838. The Morgan fingerprint density at radius 1 is 1.00 bits per heavy atom. The fraction of sp³-hybridized carbons (Fsp3) is 0.333. The van der Waals surface area contributed by atoms with Gasteiger partial charge < -0.3 is 9.47 Å². The first-order valence-corrected chi connectivity index (χ1v) is 9.03. The lowest BCUT2D eigenvalue weighted by molar-refractivity contribution is -0.158. The van der Waals surface area contributed by atoms with Gasteiger partial charge in [-0.15, -0.1) is 0 Å². The highest BCUT2D eigenvalue weighted by Gasteiger charge is 2.31. The molecule has 0 aromatic heterocycles. The minimum Gasteiger partial charge on any atom is -0.468 e. The van der Waals surface area contributed by atoms with E-state index in [0.29, 0.717) is 6.07 Å². The van der Waals surface area contributed by atoms with Crippen LogP contribution >= 0.6 is 0 Å². The number of esters is 2. The van der Waals surface area contributed by atoms with Crippen LogP contribution in [0, 0.1) is 5.92 Å². The third-order valence-corrected chi connectivity index (χ3v) is 4.80. The van der Waals surface area contributed by atoms with E-state index in [1.54, 1.807) is 0 Å². The standard InChI is InChI=1S/C12H14O10S2/c1-21-11(13)9(12(14)22-2)5-7-3-4-8(23(15,16)17)6-10(7)24(18,19)20/h3-4,6,9H,5H2,1-2H3,(H,15,16,17)(H,18,19,20). The lowest BCUT2D eigenvalue weighted by Gasteiger charge is -2.14. The predicted molar refractivity (Wildman–Crippen MR) is 77.3 cm³/mol. The van der Waals surface area contributed by atoms with Crippen LogP contribution in [0.25, 0.3) is 0 Å². The van der Waals surface area contributed by atoms with Crippen LogP contribution in [-0.2, 0) is 45.7 Å². The predicted octanol–water partition coefficient (Wildman–Crippen LogP) is -0.315.